The minimum absolute atomic E-state index is 0.0608. The lowest BCUT2D eigenvalue weighted by Gasteiger charge is -2.22. The average Bonchev–Trinajstić information content (AvgIpc) is 2.06. The number of halogens is 2. The largest absolute Gasteiger partial charge is 0.393 e. The molecule has 0 spiro atoms. The predicted molar refractivity (Wildman–Crippen MR) is 67.9 cm³/mol. The van der Waals surface area contributed by atoms with Gasteiger partial charge in [0.25, 0.3) is 0 Å². The normalized spacial score (nSPS) is 13.9. The van der Waals surface area contributed by atoms with Gasteiger partial charge in [0, 0.05) is 10.9 Å². The molecule has 1 N–H and O–H groups in total. The van der Waals surface area contributed by atoms with Crippen LogP contribution in [0.25, 0.3) is 0 Å². The van der Waals surface area contributed by atoms with Crippen LogP contribution < -0.4 is 0 Å². The summed E-state index contributed by atoms with van der Waals surface area (Å²) in [6, 6.07) is 4.94. The third kappa shape index (κ3) is 4.62. The van der Waals surface area contributed by atoms with Crippen molar-refractivity contribution in [3.8, 4) is 0 Å². The summed E-state index contributed by atoms with van der Waals surface area (Å²) in [5.74, 6) is -0.262. The Morgan fingerprint density at radius 3 is 2.50 bits per heavy atom. The van der Waals surface area contributed by atoms with Gasteiger partial charge in [-0.1, -0.05) is 42.8 Å². The minimum atomic E-state index is -0.490. The second kappa shape index (κ2) is 5.28. The summed E-state index contributed by atoms with van der Waals surface area (Å²) in [4.78, 5) is 0. The minimum Gasteiger partial charge on any atom is -0.393 e. The lowest BCUT2D eigenvalue weighted by molar-refractivity contribution is 0.120. The van der Waals surface area contributed by atoms with Gasteiger partial charge in [-0.25, -0.2) is 4.39 Å². The zero-order valence-electron chi connectivity index (χ0n) is 9.93. The smallest absolute Gasteiger partial charge is 0.127 e. The lowest BCUT2D eigenvalue weighted by atomic mass is 9.87. The number of rotatable bonds is 3. The highest BCUT2D eigenvalue weighted by atomic mass is 79.9. The zero-order valence-corrected chi connectivity index (χ0v) is 11.5. The van der Waals surface area contributed by atoms with Gasteiger partial charge in [0.1, 0.15) is 5.82 Å². The van der Waals surface area contributed by atoms with Crippen molar-refractivity contribution in [3.63, 3.8) is 0 Å². The molecule has 0 aromatic heterocycles. The van der Waals surface area contributed by atoms with Crippen molar-refractivity contribution in [2.45, 2.75) is 39.7 Å². The molecular formula is C13H18BrFO. The quantitative estimate of drug-likeness (QED) is 0.894. The number of aliphatic hydroxyl groups excluding tert-OH is 1. The Kier molecular flexibility index (Phi) is 4.51. The van der Waals surface area contributed by atoms with E-state index in [1.54, 1.807) is 12.1 Å². The molecule has 0 radical (unpaired) electrons. The van der Waals surface area contributed by atoms with Crippen LogP contribution in [0.2, 0.25) is 0 Å². The van der Waals surface area contributed by atoms with Crippen LogP contribution in [0.4, 0.5) is 4.39 Å². The van der Waals surface area contributed by atoms with Gasteiger partial charge >= 0.3 is 0 Å². The Morgan fingerprint density at radius 2 is 2.00 bits per heavy atom. The van der Waals surface area contributed by atoms with Gasteiger partial charge in [0.15, 0.2) is 0 Å². The van der Waals surface area contributed by atoms with Gasteiger partial charge in [0.2, 0.25) is 0 Å². The molecule has 3 heteroatoms. The van der Waals surface area contributed by atoms with Gasteiger partial charge in [-0.2, -0.15) is 0 Å². The van der Waals surface area contributed by atoms with Crippen LogP contribution >= 0.6 is 15.9 Å². The van der Waals surface area contributed by atoms with Crippen molar-refractivity contribution >= 4 is 15.9 Å². The van der Waals surface area contributed by atoms with Crippen molar-refractivity contribution < 1.29 is 9.50 Å². The van der Waals surface area contributed by atoms with Crippen LogP contribution in [0.1, 0.15) is 32.8 Å². The third-order valence-corrected chi connectivity index (χ3v) is 2.81. The molecule has 1 nitrogen and oxygen atoms in total. The maximum absolute atomic E-state index is 13.5. The third-order valence-electron chi connectivity index (χ3n) is 2.32. The molecule has 1 unspecified atom stereocenters. The van der Waals surface area contributed by atoms with Crippen molar-refractivity contribution in [1.82, 2.24) is 0 Å². The Morgan fingerprint density at radius 1 is 1.38 bits per heavy atom. The Balaban J connectivity index is 2.66. The lowest BCUT2D eigenvalue weighted by Crippen LogP contribution is -2.20. The van der Waals surface area contributed by atoms with Crippen molar-refractivity contribution in [2.75, 3.05) is 0 Å². The van der Waals surface area contributed by atoms with Crippen LogP contribution in [0.15, 0.2) is 22.7 Å². The first-order valence-corrected chi connectivity index (χ1v) is 6.19. The molecule has 0 aliphatic carbocycles. The molecule has 0 fully saturated rings. The van der Waals surface area contributed by atoms with Gasteiger partial charge in [-0.3, -0.25) is 0 Å². The van der Waals surface area contributed by atoms with E-state index in [4.69, 9.17) is 0 Å². The van der Waals surface area contributed by atoms with E-state index in [2.05, 4.69) is 36.7 Å². The average molecular weight is 289 g/mol. The van der Waals surface area contributed by atoms with E-state index in [0.717, 1.165) is 4.47 Å². The first-order valence-electron chi connectivity index (χ1n) is 5.40. The second-order valence-corrected chi connectivity index (χ2v) is 6.27. The predicted octanol–water partition coefficient (Wildman–Crippen LogP) is 3.93. The van der Waals surface area contributed by atoms with Gasteiger partial charge in [0.05, 0.1) is 6.10 Å². The molecule has 0 saturated carbocycles. The fraction of sp³-hybridized carbons (Fsp3) is 0.538. The number of hydrogen-bond donors (Lipinski definition) is 1. The summed E-state index contributed by atoms with van der Waals surface area (Å²) in [5.41, 5.74) is 0.630. The molecular weight excluding hydrogens is 271 g/mol. The maximum Gasteiger partial charge on any atom is 0.127 e. The van der Waals surface area contributed by atoms with E-state index in [-0.39, 0.29) is 11.2 Å². The van der Waals surface area contributed by atoms with E-state index in [1.165, 1.54) is 6.07 Å². The standard InChI is InChI=1S/C13H18BrFO/c1-13(2,3)8-11(16)6-9-4-5-10(14)7-12(9)15/h4-5,7,11,16H,6,8H2,1-3H3. The molecule has 0 saturated heterocycles. The molecule has 16 heavy (non-hydrogen) atoms. The van der Waals surface area contributed by atoms with E-state index in [0.29, 0.717) is 18.4 Å². The molecule has 1 rings (SSSR count). The van der Waals surface area contributed by atoms with Crippen LogP contribution in [0.3, 0.4) is 0 Å². The number of aliphatic hydroxyl groups is 1. The summed E-state index contributed by atoms with van der Waals surface area (Å²) in [5, 5.41) is 9.85. The Bertz CT molecular complexity index is 357. The molecule has 1 aromatic rings. The van der Waals surface area contributed by atoms with Crippen LogP contribution in [-0.2, 0) is 6.42 Å². The molecule has 1 aromatic carbocycles. The zero-order chi connectivity index (χ0) is 12.3. The van der Waals surface area contributed by atoms with E-state index >= 15 is 0 Å². The molecule has 0 amide bonds. The second-order valence-electron chi connectivity index (χ2n) is 5.36. The Labute approximate surface area is 105 Å². The van der Waals surface area contributed by atoms with Crippen molar-refractivity contribution in [2.24, 2.45) is 5.41 Å². The van der Waals surface area contributed by atoms with Crippen LogP contribution in [0, 0.1) is 11.2 Å². The summed E-state index contributed by atoms with van der Waals surface area (Å²) >= 11 is 3.21. The van der Waals surface area contributed by atoms with Gasteiger partial charge < -0.3 is 5.11 Å². The number of benzene rings is 1. The maximum atomic E-state index is 13.5. The molecule has 90 valence electrons. The monoisotopic (exact) mass is 288 g/mol. The van der Waals surface area contributed by atoms with E-state index in [9.17, 15) is 9.50 Å². The fourth-order valence-electron chi connectivity index (χ4n) is 1.72. The highest BCUT2D eigenvalue weighted by Crippen LogP contribution is 2.24. The van der Waals surface area contributed by atoms with E-state index < -0.39 is 6.10 Å². The van der Waals surface area contributed by atoms with Crippen LogP contribution in [0.5, 0.6) is 0 Å². The van der Waals surface area contributed by atoms with Gasteiger partial charge in [-0.05, 0) is 29.5 Å². The molecule has 0 aliphatic rings. The Hall–Kier alpha value is -0.410. The van der Waals surface area contributed by atoms with E-state index in [1.807, 2.05) is 0 Å². The van der Waals surface area contributed by atoms with Crippen molar-refractivity contribution in [3.05, 3.63) is 34.1 Å². The SMILES string of the molecule is CC(C)(C)CC(O)Cc1ccc(Br)cc1F. The van der Waals surface area contributed by atoms with Gasteiger partial charge in [-0.15, -0.1) is 0 Å². The summed E-state index contributed by atoms with van der Waals surface area (Å²) in [7, 11) is 0. The molecule has 1 atom stereocenters. The number of hydrogen-bond acceptors (Lipinski definition) is 1. The van der Waals surface area contributed by atoms with Crippen molar-refractivity contribution in [1.29, 1.82) is 0 Å². The first kappa shape index (κ1) is 13.7. The highest BCUT2D eigenvalue weighted by molar-refractivity contribution is 9.10. The molecule has 0 bridgehead atoms. The summed E-state index contributed by atoms with van der Waals surface area (Å²) in [6.45, 7) is 6.19. The summed E-state index contributed by atoms with van der Waals surface area (Å²) < 4.78 is 14.2. The highest BCUT2D eigenvalue weighted by Gasteiger charge is 2.18. The van der Waals surface area contributed by atoms with Crippen LogP contribution in [-0.4, -0.2) is 11.2 Å². The molecule has 0 heterocycles. The fourth-order valence-corrected chi connectivity index (χ4v) is 2.05. The summed E-state index contributed by atoms with van der Waals surface area (Å²) in [6.07, 6.45) is 0.550. The first-order chi connectivity index (χ1) is 7.28. The molecule has 0 aliphatic heterocycles. The topological polar surface area (TPSA) is 20.2 Å².